The van der Waals surface area contributed by atoms with E-state index < -0.39 is 22.6 Å². The highest BCUT2D eigenvalue weighted by Gasteiger charge is 2.68. The summed E-state index contributed by atoms with van der Waals surface area (Å²) in [7, 11) is -0.320. The molecule has 5 rings (SSSR count). The molecule has 0 radical (unpaired) electrons. The Morgan fingerprint density at radius 3 is 2.85 bits per heavy atom. The average molecular weight is 381 g/mol. The Balaban J connectivity index is 1.71. The van der Waals surface area contributed by atoms with Gasteiger partial charge in [0.2, 0.25) is 10.4 Å². The number of rotatable bonds is 2. The summed E-state index contributed by atoms with van der Waals surface area (Å²) < 4.78 is 45.8. The third-order valence-corrected chi connectivity index (χ3v) is 7.82. The first-order valence-corrected chi connectivity index (χ1v) is 10.5. The minimum atomic E-state index is -4.82. The molecule has 1 saturated carbocycles. The van der Waals surface area contributed by atoms with Crippen molar-refractivity contribution in [3.63, 3.8) is 0 Å². The highest BCUT2D eigenvalue weighted by atomic mass is 32.3. The van der Waals surface area contributed by atoms with Crippen LogP contribution in [-0.4, -0.2) is 61.4 Å². The van der Waals surface area contributed by atoms with E-state index in [1.165, 1.54) is 0 Å². The molecule has 5 atom stereocenters. The normalized spacial score (nSPS) is 39.2. The second kappa shape index (κ2) is 4.92. The molecular weight excluding hydrogens is 358 g/mol. The second-order valence-corrected chi connectivity index (χ2v) is 9.79. The molecule has 1 aromatic rings. The van der Waals surface area contributed by atoms with Gasteiger partial charge in [0, 0.05) is 24.3 Å². The van der Waals surface area contributed by atoms with Crippen LogP contribution in [0.2, 0.25) is 0 Å². The molecule has 2 heterocycles. The summed E-state index contributed by atoms with van der Waals surface area (Å²) in [5.41, 5.74) is 1.81. The molecular formula is C18H23NO6S. The van der Waals surface area contributed by atoms with E-state index in [9.17, 15) is 18.1 Å². The van der Waals surface area contributed by atoms with E-state index in [1.807, 2.05) is 6.07 Å². The Hall–Kier alpha value is -1.35. The van der Waals surface area contributed by atoms with Gasteiger partial charge in [-0.2, -0.15) is 0 Å². The van der Waals surface area contributed by atoms with Crippen LogP contribution in [0.3, 0.4) is 0 Å². The van der Waals surface area contributed by atoms with Crippen molar-refractivity contribution in [1.29, 1.82) is 0 Å². The monoisotopic (exact) mass is 381 g/mol. The number of likely N-dealkylation sites (tertiary alicyclic amines) is 1. The molecule has 142 valence electrons. The van der Waals surface area contributed by atoms with Gasteiger partial charge in [-0.1, -0.05) is 6.07 Å². The topological polar surface area (TPSA) is 95.9 Å². The second-order valence-electron chi connectivity index (χ2n) is 8.78. The summed E-state index contributed by atoms with van der Waals surface area (Å²) in [6.07, 6.45) is 1.66. The standard InChI is InChI=1S/C18H23NO6S/c1-19(2)8-7-18-11-4-6-14(25-26(21,22)23)17(18)24-16-13(20)5-3-10(15(16)18)9-12(11)19/h3,5,11-12,14,17H,4,6-9H2,1-2H3,(H-,20,21,22,23)/t11-,12+,14-,17-,18-/m0/s1. The van der Waals surface area contributed by atoms with Crippen molar-refractivity contribution in [3.05, 3.63) is 23.3 Å². The van der Waals surface area contributed by atoms with Crippen molar-refractivity contribution in [2.45, 2.75) is 49.3 Å². The Kier molecular flexibility index (Phi) is 3.18. The maximum absolute atomic E-state index is 11.3. The van der Waals surface area contributed by atoms with E-state index in [0.717, 1.165) is 41.4 Å². The molecule has 7 nitrogen and oxygen atoms in total. The summed E-state index contributed by atoms with van der Waals surface area (Å²) in [6.45, 7) is 0.937. The van der Waals surface area contributed by atoms with Crippen LogP contribution in [0.5, 0.6) is 11.5 Å². The lowest BCUT2D eigenvalue weighted by molar-refractivity contribution is -0.927. The van der Waals surface area contributed by atoms with Crippen molar-refractivity contribution in [3.8, 4) is 11.5 Å². The number of benzene rings is 1. The molecule has 1 spiro atoms. The maximum atomic E-state index is 11.3. The number of aromatic hydroxyl groups is 1. The number of hydrogen-bond acceptors (Lipinski definition) is 6. The van der Waals surface area contributed by atoms with Gasteiger partial charge in [0.1, 0.15) is 12.2 Å². The molecule has 0 amide bonds. The molecule has 0 aromatic heterocycles. The average Bonchev–Trinajstić information content (AvgIpc) is 2.89. The van der Waals surface area contributed by atoms with Crippen LogP contribution in [0.25, 0.3) is 0 Å². The van der Waals surface area contributed by atoms with Crippen LogP contribution >= 0.6 is 0 Å². The maximum Gasteiger partial charge on any atom is 0.218 e. The van der Waals surface area contributed by atoms with Crippen molar-refractivity contribution in [1.82, 2.24) is 0 Å². The van der Waals surface area contributed by atoms with Gasteiger partial charge in [0.15, 0.2) is 11.5 Å². The van der Waals surface area contributed by atoms with Gasteiger partial charge in [0.25, 0.3) is 0 Å². The number of nitrogens with zero attached hydrogens (tertiary/aromatic N) is 1. The molecule has 2 aliphatic carbocycles. The minimum Gasteiger partial charge on any atom is -0.726 e. The molecule has 8 heteroatoms. The smallest absolute Gasteiger partial charge is 0.218 e. The third-order valence-electron chi connectivity index (χ3n) is 7.34. The fourth-order valence-corrected chi connectivity index (χ4v) is 6.82. The largest absolute Gasteiger partial charge is 0.726 e. The molecule has 1 aromatic carbocycles. The predicted octanol–water partition coefficient (Wildman–Crippen LogP) is 1.05. The lowest BCUT2D eigenvalue weighted by Crippen LogP contribution is -2.71. The summed E-state index contributed by atoms with van der Waals surface area (Å²) in [5, 5.41) is 10.4. The number of quaternary nitrogens is 1. The van der Waals surface area contributed by atoms with Gasteiger partial charge >= 0.3 is 0 Å². The molecule has 0 unspecified atom stereocenters. The van der Waals surface area contributed by atoms with E-state index in [0.29, 0.717) is 24.1 Å². The lowest BCUT2D eigenvalue weighted by Gasteiger charge is -2.60. The van der Waals surface area contributed by atoms with Gasteiger partial charge in [-0.05, 0) is 24.5 Å². The molecule has 2 bridgehead atoms. The van der Waals surface area contributed by atoms with Gasteiger partial charge in [0.05, 0.1) is 32.1 Å². The Bertz CT molecular complexity index is 897. The van der Waals surface area contributed by atoms with E-state index in [-0.39, 0.29) is 11.2 Å². The molecule has 26 heavy (non-hydrogen) atoms. The predicted molar refractivity (Wildman–Crippen MR) is 90.6 cm³/mol. The highest BCUT2D eigenvalue weighted by molar-refractivity contribution is 7.80. The van der Waals surface area contributed by atoms with Crippen LogP contribution in [0, 0.1) is 5.92 Å². The fourth-order valence-electron chi connectivity index (χ4n) is 6.32. The third kappa shape index (κ3) is 2.01. The van der Waals surface area contributed by atoms with E-state index in [2.05, 4.69) is 14.1 Å². The molecule has 2 fully saturated rings. The van der Waals surface area contributed by atoms with Crippen LogP contribution in [-0.2, 0) is 26.4 Å². The van der Waals surface area contributed by atoms with Crippen molar-refractivity contribution in [2.75, 3.05) is 20.6 Å². The Morgan fingerprint density at radius 2 is 2.12 bits per heavy atom. The van der Waals surface area contributed by atoms with Crippen LogP contribution in [0.4, 0.5) is 0 Å². The zero-order valence-corrected chi connectivity index (χ0v) is 15.7. The first-order valence-electron chi connectivity index (χ1n) is 9.12. The summed E-state index contributed by atoms with van der Waals surface area (Å²) in [4.78, 5) is 0. The van der Waals surface area contributed by atoms with Gasteiger partial charge < -0.3 is 18.9 Å². The van der Waals surface area contributed by atoms with Gasteiger partial charge in [-0.25, -0.2) is 8.42 Å². The first kappa shape index (κ1) is 16.8. The van der Waals surface area contributed by atoms with E-state index >= 15 is 0 Å². The molecule has 2 aliphatic heterocycles. The summed E-state index contributed by atoms with van der Waals surface area (Å²) in [6, 6.07) is 4.02. The Morgan fingerprint density at radius 1 is 1.35 bits per heavy atom. The number of piperidine rings is 1. The van der Waals surface area contributed by atoms with Gasteiger partial charge in [-0.3, -0.25) is 4.18 Å². The quantitative estimate of drug-likeness (QED) is 0.467. The van der Waals surface area contributed by atoms with Crippen molar-refractivity contribution < 1.29 is 31.5 Å². The highest BCUT2D eigenvalue weighted by Crippen LogP contribution is 2.64. The number of ether oxygens (including phenoxy) is 1. The zero-order chi connectivity index (χ0) is 18.5. The van der Waals surface area contributed by atoms with Crippen LogP contribution in [0.15, 0.2) is 12.1 Å². The van der Waals surface area contributed by atoms with Crippen molar-refractivity contribution in [2.24, 2.45) is 5.92 Å². The SMILES string of the molecule is C[N+]1(C)CC[C@]23c4c5ccc(O)c4O[C@H]2[C@@H](OS(=O)(=O)[O-])CC[C@H]3[C@H]1C5. The fraction of sp³-hybridized carbons (Fsp3) is 0.667. The van der Waals surface area contributed by atoms with E-state index in [1.54, 1.807) is 6.07 Å². The number of hydrogen-bond donors (Lipinski definition) is 1. The first-order chi connectivity index (χ1) is 12.1. The number of likely N-dealkylation sites (N-methyl/N-ethyl adjacent to an activating group) is 1. The zero-order valence-electron chi connectivity index (χ0n) is 14.8. The van der Waals surface area contributed by atoms with Crippen LogP contribution in [0.1, 0.15) is 30.4 Å². The summed E-state index contributed by atoms with van der Waals surface area (Å²) in [5.74, 6) is 0.857. The number of phenols is 1. The van der Waals surface area contributed by atoms with E-state index in [4.69, 9.17) is 8.92 Å². The van der Waals surface area contributed by atoms with Crippen molar-refractivity contribution >= 4 is 10.4 Å². The number of phenolic OH excluding ortho intramolecular Hbond substituents is 1. The lowest BCUT2D eigenvalue weighted by atomic mass is 9.51. The molecule has 1 saturated heterocycles. The molecule has 1 N–H and O–H groups in total. The summed E-state index contributed by atoms with van der Waals surface area (Å²) >= 11 is 0. The Labute approximate surface area is 153 Å². The molecule has 4 aliphatic rings. The van der Waals surface area contributed by atoms with Gasteiger partial charge in [-0.15, -0.1) is 0 Å². The van der Waals surface area contributed by atoms with Crippen LogP contribution < -0.4 is 4.74 Å². The minimum absolute atomic E-state index is 0.0766.